The molecule has 0 aliphatic carbocycles. The van der Waals surface area contributed by atoms with Crippen molar-refractivity contribution in [2.75, 3.05) is 55.4 Å². The van der Waals surface area contributed by atoms with Gasteiger partial charge < -0.3 is 8.97 Å². The lowest BCUT2D eigenvalue weighted by Gasteiger charge is -2.23. The smallest absolute Gasteiger partial charge is 0.0780 e. The topological polar surface area (TPSA) is 0 Å². The fourth-order valence-corrected chi connectivity index (χ4v) is 4.35. The van der Waals surface area contributed by atoms with E-state index in [4.69, 9.17) is 0 Å². The van der Waals surface area contributed by atoms with E-state index in [1.54, 1.807) is 0 Å². The van der Waals surface area contributed by atoms with Crippen molar-refractivity contribution in [2.24, 2.45) is 0 Å². The number of hydrogen-bond donors (Lipinski definition) is 0. The van der Waals surface area contributed by atoms with Gasteiger partial charge in [0, 0.05) is 0 Å². The van der Waals surface area contributed by atoms with Gasteiger partial charge in [-0.25, -0.2) is 0 Å². The molecule has 30 heavy (non-hydrogen) atoms. The van der Waals surface area contributed by atoms with Gasteiger partial charge >= 0.3 is 0 Å². The maximum Gasteiger partial charge on any atom is 0.0780 e. The molecule has 0 heterocycles. The fraction of sp³-hybridized carbons (Fsp3) is 1.00. The van der Waals surface area contributed by atoms with Gasteiger partial charge in [0.25, 0.3) is 0 Å². The molecule has 0 aliphatic heterocycles. The molecular weight excluding hydrogens is 364 g/mol. The SMILES string of the molecule is C[N+](C)(C)CCCCCCCCCCCCCCCCCCCCCC[N+](C)(C)C. The van der Waals surface area contributed by atoms with Gasteiger partial charge in [0.2, 0.25) is 0 Å². The quantitative estimate of drug-likeness (QED) is 0.114. The van der Waals surface area contributed by atoms with Crippen LogP contribution in [0.1, 0.15) is 128 Å². The molecule has 0 amide bonds. The molecule has 0 atom stereocenters. The first-order valence-electron chi connectivity index (χ1n) is 13.8. The Morgan fingerprint density at radius 2 is 0.367 bits per heavy atom. The molecule has 0 aliphatic rings. The molecule has 0 bridgehead atoms. The van der Waals surface area contributed by atoms with Gasteiger partial charge in [-0.2, -0.15) is 0 Å². The summed E-state index contributed by atoms with van der Waals surface area (Å²) in [5.41, 5.74) is 0. The van der Waals surface area contributed by atoms with E-state index < -0.39 is 0 Å². The highest BCUT2D eigenvalue weighted by molar-refractivity contribution is 4.51. The third-order valence-electron chi connectivity index (χ3n) is 6.41. The van der Waals surface area contributed by atoms with Crippen LogP contribution in [0.3, 0.4) is 0 Å². The Bertz CT molecular complexity index is 304. The second-order valence-corrected chi connectivity index (χ2v) is 12.1. The predicted octanol–water partition coefficient (Wildman–Crippen LogP) is 8.20. The van der Waals surface area contributed by atoms with Crippen molar-refractivity contribution in [3.63, 3.8) is 0 Å². The molecule has 0 N–H and O–H groups in total. The summed E-state index contributed by atoms with van der Waals surface area (Å²) in [6, 6.07) is 0. The van der Waals surface area contributed by atoms with Crippen LogP contribution in [0.2, 0.25) is 0 Å². The van der Waals surface area contributed by atoms with Gasteiger partial charge in [0.15, 0.2) is 0 Å². The summed E-state index contributed by atoms with van der Waals surface area (Å²) >= 11 is 0. The summed E-state index contributed by atoms with van der Waals surface area (Å²) in [6.07, 6.45) is 29.3. The van der Waals surface area contributed by atoms with Gasteiger partial charge in [-0.15, -0.1) is 0 Å². The Labute approximate surface area is 193 Å². The molecule has 0 spiro atoms. The van der Waals surface area contributed by atoms with E-state index in [-0.39, 0.29) is 0 Å². The predicted molar refractivity (Wildman–Crippen MR) is 138 cm³/mol. The minimum absolute atomic E-state index is 1.12. The van der Waals surface area contributed by atoms with Crippen LogP contribution >= 0.6 is 0 Å². The maximum atomic E-state index is 2.30. The van der Waals surface area contributed by atoms with Crippen LogP contribution in [0.5, 0.6) is 0 Å². The Hall–Kier alpha value is -0.0800. The molecule has 0 aromatic heterocycles. The molecule has 0 fully saturated rings. The van der Waals surface area contributed by atoms with Crippen molar-refractivity contribution in [1.82, 2.24) is 0 Å². The van der Waals surface area contributed by atoms with E-state index in [9.17, 15) is 0 Å². The standard InChI is InChI=1S/C28H62N2/c1-29(2,3)27-25-23-21-19-17-15-13-11-9-7-8-10-12-14-16-18-20-22-24-26-28-30(4,5)6/h7-28H2,1-6H3/q+2. The largest absolute Gasteiger partial charge is 0.331 e. The van der Waals surface area contributed by atoms with Crippen molar-refractivity contribution in [2.45, 2.75) is 128 Å². The lowest BCUT2D eigenvalue weighted by molar-refractivity contribution is -0.870. The second kappa shape index (κ2) is 19.6. The van der Waals surface area contributed by atoms with Crippen molar-refractivity contribution < 1.29 is 8.97 Å². The minimum Gasteiger partial charge on any atom is -0.331 e. The van der Waals surface area contributed by atoms with Crippen molar-refractivity contribution in [1.29, 1.82) is 0 Å². The normalized spacial score (nSPS) is 12.6. The van der Waals surface area contributed by atoms with E-state index in [1.165, 1.54) is 142 Å². The minimum atomic E-state index is 1.12. The van der Waals surface area contributed by atoms with Gasteiger partial charge in [0.1, 0.15) is 0 Å². The summed E-state index contributed by atoms with van der Waals surface area (Å²) in [5, 5.41) is 0. The third-order valence-corrected chi connectivity index (χ3v) is 6.41. The highest BCUT2D eigenvalue weighted by Crippen LogP contribution is 2.15. The Kier molecular flexibility index (Phi) is 19.5. The molecule has 0 aromatic carbocycles. The van der Waals surface area contributed by atoms with Crippen molar-refractivity contribution in [3.05, 3.63) is 0 Å². The fourth-order valence-electron chi connectivity index (χ4n) is 4.35. The Morgan fingerprint density at radius 3 is 0.500 bits per heavy atom. The third kappa shape index (κ3) is 27.9. The summed E-state index contributed by atoms with van der Waals surface area (Å²) in [4.78, 5) is 0. The summed E-state index contributed by atoms with van der Waals surface area (Å²) in [6.45, 7) is 2.66. The summed E-state index contributed by atoms with van der Waals surface area (Å²) in [7, 11) is 13.8. The van der Waals surface area contributed by atoms with Crippen LogP contribution in [0.25, 0.3) is 0 Å². The Balaban J connectivity index is 3.07. The molecule has 0 aromatic rings. The van der Waals surface area contributed by atoms with E-state index in [1.807, 2.05) is 0 Å². The first-order chi connectivity index (χ1) is 14.2. The number of hydrogen-bond acceptors (Lipinski definition) is 0. The van der Waals surface area contributed by atoms with Crippen LogP contribution in [0, 0.1) is 0 Å². The zero-order chi connectivity index (χ0) is 22.6. The van der Waals surface area contributed by atoms with Gasteiger partial charge in [-0.1, -0.05) is 103 Å². The molecule has 0 rings (SSSR count). The van der Waals surface area contributed by atoms with E-state index in [2.05, 4.69) is 42.3 Å². The second-order valence-electron chi connectivity index (χ2n) is 12.1. The lowest BCUT2D eigenvalue weighted by atomic mass is 10.0. The zero-order valence-corrected chi connectivity index (χ0v) is 22.5. The molecular formula is C28H62N2+2. The lowest BCUT2D eigenvalue weighted by Crippen LogP contribution is -2.35. The van der Waals surface area contributed by atoms with Crippen LogP contribution in [0.15, 0.2) is 0 Å². The number of quaternary nitrogens is 2. The van der Waals surface area contributed by atoms with Crippen LogP contribution in [0.4, 0.5) is 0 Å². The Morgan fingerprint density at radius 1 is 0.233 bits per heavy atom. The average Bonchev–Trinajstić information content (AvgIpc) is 2.64. The van der Waals surface area contributed by atoms with Gasteiger partial charge in [-0.3, -0.25) is 0 Å². The first-order valence-corrected chi connectivity index (χ1v) is 13.8. The molecule has 0 unspecified atom stereocenters. The summed E-state index contributed by atoms with van der Waals surface area (Å²) < 4.78 is 2.25. The highest BCUT2D eigenvalue weighted by Gasteiger charge is 2.05. The van der Waals surface area contributed by atoms with E-state index in [0.717, 1.165) is 8.97 Å². The number of rotatable bonds is 23. The molecule has 0 saturated carbocycles. The van der Waals surface area contributed by atoms with E-state index >= 15 is 0 Å². The molecule has 0 saturated heterocycles. The number of unbranched alkanes of at least 4 members (excludes halogenated alkanes) is 19. The molecule has 182 valence electrons. The molecule has 0 radical (unpaired) electrons. The van der Waals surface area contributed by atoms with Crippen LogP contribution in [-0.2, 0) is 0 Å². The van der Waals surface area contributed by atoms with Crippen LogP contribution in [-0.4, -0.2) is 64.3 Å². The molecule has 2 nitrogen and oxygen atoms in total. The van der Waals surface area contributed by atoms with Gasteiger partial charge in [0.05, 0.1) is 55.4 Å². The van der Waals surface area contributed by atoms with E-state index in [0.29, 0.717) is 0 Å². The average molecular weight is 427 g/mol. The monoisotopic (exact) mass is 426 g/mol. The van der Waals surface area contributed by atoms with Crippen molar-refractivity contribution in [3.8, 4) is 0 Å². The van der Waals surface area contributed by atoms with Crippen LogP contribution < -0.4 is 0 Å². The van der Waals surface area contributed by atoms with Crippen molar-refractivity contribution >= 4 is 0 Å². The number of nitrogens with zero attached hydrogens (tertiary/aromatic N) is 2. The molecule has 2 heteroatoms. The summed E-state index contributed by atoms with van der Waals surface area (Å²) in [5.74, 6) is 0. The zero-order valence-electron chi connectivity index (χ0n) is 22.5. The highest BCUT2D eigenvalue weighted by atomic mass is 15.3. The van der Waals surface area contributed by atoms with Gasteiger partial charge in [-0.05, 0) is 25.7 Å². The first kappa shape index (κ1) is 29.9. The maximum absolute atomic E-state index is 2.30.